The summed E-state index contributed by atoms with van der Waals surface area (Å²) in [7, 11) is 0. The summed E-state index contributed by atoms with van der Waals surface area (Å²) in [5, 5.41) is 21.0. The zero-order valence-electron chi connectivity index (χ0n) is 13.8. The van der Waals surface area contributed by atoms with Crippen LogP contribution in [0.3, 0.4) is 0 Å². The van der Waals surface area contributed by atoms with E-state index in [1.54, 1.807) is 18.2 Å². The first-order valence-corrected chi connectivity index (χ1v) is 8.12. The molecule has 0 saturated carbocycles. The second kappa shape index (κ2) is 5.90. The molecule has 0 spiro atoms. The molecule has 0 radical (unpaired) electrons. The first kappa shape index (κ1) is 17.0. The summed E-state index contributed by atoms with van der Waals surface area (Å²) in [6, 6.07) is 8.12. The van der Waals surface area contributed by atoms with E-state index in [1.807, 2.05) is 19.9 Å². The molecule has 0 saturated heterocycles. The third-order valence-corrected chi connectivity index (χ3v) is 4.65. The van der Waals surface area contributed by atoms with E-state index in [0.717, 1.165) is 0 Å². The summed E-state index contributed by atoms with van der Waals surface area (Å²) >= 11 is 5.29. The number of aromatic amines is 1. The Kier molecular flexibility index (Phi) is 4.01. The van der Waals surface area contributed by atoms with Crippen LogP contribution < -0.4 is 0 Å². The summed E-state index contributed by atoms with van der Waals surface area (Å²) in [5.41, 5.74) is 1.20. The second-order valence-corrected chi connectivity index (χ2v) is 7.29. The van der Waals surface area contributed by atoms with Crippen LogP contribution in [0.5, 0.6) is 0 Å². The fraction of sp³-hybridized carbons (Fsp3) is 0.278. The first-order chi connectivity index (χ1) is 11.7. The first-order valence-electron chi connectivity index (χ1n) is 7.71. The van der Waals surface area contributed by atoms with Gasteiger partial charge in [0.15, 0.2) is 5.78 Å². The van der Waals surface area contributed by atoms with Gasteiger partial charge in [-0.3, -0.25) is 14.9 Å². The van der Waals surface area contributed by atoms with E-state index in [9.17, 15) is 20.2 Å². The Morgan fingerprint density at radius 3 is 2.60 bits per heavy atom. The normalized spacial score (nSPS) is 15.3. The second-order valence-electron chi connectivity index (χ2n) is 6.88. The van der Waals surface area contributed by atoms with Crippen molar-refractivity contribution in [3.05, 3.63) is 55.8 Å². The van der Waals surface area contributed by atoms with Crippen molar-refractivity contribution in [1.82, 2.24) is 4.98 Å². The predicted molar refractivity (Wildman–Crippen MR) is 94.9 cm³/mol. The van der Waals surface area contributed by atoms with Gasteiger partial charge in [0.2, 0.25) is 0 Å². The van der Waals surface area contributed by atoms with Gasteiger partial charge >= 0.3 is 0 Å². The zero-order chi connectivity index (χ0) is 18.4. The molecule has 1 aliphatic rings. The number of nitrogens with one attached hydrogen (secondary N) is 1. The summed E-state index contributed by atoms with van der Waals surface area (Å²) in [6.45, 7) is 3.96. The van der Waals surface area contributed by atoms with Gasteiger partial charge in [0.1, 0.15) is 10.7 Å². The SMILES string of the molecule is CC1(C)CC(=O)c2c([nH]c(=S)c(C#N)c2-c2ccccc2[N+](=O)[O-])C1. The van der Waals surface area contributed by atoms with Crippen molar-refractivity contribution in [3.63, 3.8) is 0 Å². The van der Waals surface area contributed by atoms with Gasteiger partial charge in [0.25, 0.3) is 5.69 Å². The molecule has 0 bridgehead atoms. The number of H-pyrrole nitrogens is 1. The highest BCUT2D eigenvalue weighted by atomic mass is 32.1. The maximum Gasteiger partial charge on any atom is 0.277 e. The van der Waals surface area contributed by atoms with Crippen molar-refractivity contribution < 1.29 is 9.72 Å². The van der Waals surface area contributed by atoms with Crippen molar-refractivity contribution in [2.75, 3.05) is 0 Å². The number of para-hydroxylation sites is 1. The predicted octanol–water partition coefficient (Wildman–Crippen LogP) is 4.35. The van der Waals surface area contributed by atoms with Crippen LogP contribution in [0.4, 0.5) is 5.69 Å². The highest BCUT2D eigenvalue weighted by molar-refractivity contribution is 7.71. The quantitative estimate of drug-likeness (QED) is 0.491. The lowest BCUT2D eigenvalue weighted by Crippen LogP contribution is -2.29. The summed E-state index contributed by atoms with van der Waals surface area (Å²) in [4.78, 5) is 26.7. The number of nitro benzene ring substituents is 1. The highest BCUT2D eigenvalue weighted by Crippen LogP contribution is 2.42. The van der Waals surface area contributed by atoms with Crippen LogP contribution in [0, 0.1) is 31.5 Å². The Bertz CT molecular complexity index is 1020. The summed E-state index contributed by atoms with van der Waals surface area (Å²) < 4.78 is 0.194. The minimum Gasteiger partial charge on any atom is -0.348 e. The molecule has 126 valence electrons. The lowest BCUT2D eigenvalue weighted by Gasteiger charge is -2.31. The van der Waals surface area contributed by atoms with Gasteiger partial charge in [0, 0.05) is 29.3 Å². The molecule has 0 fully saturated rings. The largest absolute Gasteiger partial charge is 0.348 e. The van der Waals surface area contributed by atoms with Crippen LogP contribution >= 0.6 is 12.2 Å². The van der Waals surface area contributed by atoms with Gasteiger partial charge in [-0.2, -0.15) is 5.26 Å². The van der Waals surface area contributed by atoms with Crippen LogP contribution in [0.15, 0.2) is 24.3 Å². The van der Waals surface area contributed by atoms with E-state index in [0.29, 0.717) is 24.1 Å². The van der Waals surface area contributed by atoms with Crippen molar-refractivity contribution in [2.24, 2.45) is 5.41 Å². The Balaban J connectivity index is 2.45. The van der Waals surface area contributed by atoms with Gasteiger partial charge in [-0.25, -0.2) is 0 Å². The highest BCUT2D eigenvalue weighted by Gasteiger charge is 2.36. The van der Waals surface area contributed by atoms with E-state index in [4.69, 9.17) is 12.2 Å². The van der Waals surface area contributed by atoms with Crippen LogP contribution in [-0.2, 0) is 6.42 Å². The van der Waals surface area contributed by atoms with E-state index >= 15 is 0 Å². The number of pyridine rings is 1. The molecule has 0 unspecified atom stereocenters. The lowest BCUT2D eigenvalue weighted by atomic mass is 9.73. The van der Waals surface area contributed by atoms with Gasteiger partial charge in [-0.05, 0) is 17.9 Å². The molecule has 1 aromatic carbocycles. The fourth-order valence-electron chi connectivity index (χ4n) is 3.38. The van der Waals surface area contributed by atoms with E-state index in [2.05, 4.69) is 4.98 Å². The zero-order valence-corrected chi connectivity index (χ0v) is 14.6. The smallest absolute Gasteiger partial charge is 0.277 e. The molecule has 2 aromatic rings. The van der Waals surface area contributed by atoms with Crippen LogP contribution in [-0.4, -0.2) is 15.7 Å². The number of nitrogens with zero attached hydrogens (tertiary/aromatic N) is 2. The third-order valence-electron chi connectivity index (χ3n) is 4.35. The third kappa shape index (κ3) is 2.85. The average Bonchev–Trinajstić information content (AvgIpc) is 2.52. The molecule has 1 heterocycles. The number of hydrogen-bond donors (Lipinski definition) is 1. The molecule has 0 aliphatic heterocycles. The number of fused-ring (bicyclic) bond motifs is 1. The number of nitro groups is 1. The monoisotopic (exact) mass is 353 g/mol. The summed E-state index contributed by atoms with van der Waals surface area (Å²) in [6.07, 6.45) is 0.889. The van der Waals surface area contributed by atoms with Crippen LogP contribution in [0.2, 0.25) is 0 Å². The number of rotatable bonds is 2. The van der Waals surface area contributed by atoms with Gasteiger partial charge in [0.05, 0.1) is 16.1 Å². The van der Waals surface area contributed by atoms with Crippen molar-refractivity contribution in [2.45, 2.75) is 26.7 Å². The molecule has 1 N–H and O–H groups in total. The fourth-order valence-corrected chi connectivity index (χ4v) is 3.65. The van der Waals surface area contributed by atoms with Crippen molar-refractivity contribution in [1.29, 1.82) is 5.26 Å². The minimum atomic E-state index is -0.514. The van der Waals surface area contributed by atoms with Crippen LogP contribution in [0.1, 0.15) is 41.9 Å². The molecule has 25 heavy (non-hydrogen) atoms. The van der Waals surface area contributed by atoms with Crippen LogP contribution in [0.25, 0.3) is 11.1 Å². The van der Waals surface area contributed by atoms with Gasteiger partial charge < -0.3 is 4.98 Å². The molecule has 1 aliphatic carbocycles. The van der Waals surface area contributed by atoms with Gasteiger partial charge in [-0.1, -0.05) is 38.2 Å². The number of Topliss-reactive ketones (excluding diaryl/α,β-unsaturated/α-hetero) is 1. The Labute approximate surface area is 149 Å². The molecule has 0 amide bonds. The standard InChI is InChI=1S/C18H15N3O3S/c1-18(2)7-12-16(14(22)8-18)15(11(9-19)17(25)20-12)10-5-3-4-6-13(10)21(23)24/h3-6H,7-8H2,1-2H3,(H,20,25). The molecular weight excluding hydrogens is 338 g/mol. The van der Waals surface area contributed by atoms with E-state index in [1.165, 1.54) is 6.07 Å². The minimum absolute atomic E-state index is 0.0936. The maximum absolute atomic E-state index is 12.8. The maximum atomic E-state index is 12.8. The molecule has 6 nitrogen and oxygen atoms in total. The number of hydrogen-bond acceptors (Lipinski definition) is 5. The number of nitriles is 1. The van der Waals surface area contributed by atoms with Gasteiger partial charge in [-0.15, -0.1) is 0 Å². The Hall–Kier alpha value is -2.85. The molecule has 0 atom stereocenters. The number of carbonyl (C=O) groups excluding carboxylic acids is 1. The van der Waals surface area contributed by atoms with E-state index < -0.39 is 4.92 Å². The number of aromatic nitrogens is 1. The Morgan fingerprint density at radius 1 is 1.28 bits per heavy atom. The van der Waals surface area contributed by atoms with Crippen molar-refractivity contribution in [3.8, 4) is 17.2 Å². The molecular formula is C18H15N3O3S. The summed E-state index contributed by atoms with van der Waals surface area (Å²) in [5.74, 6) is -0.137. The van der Waals surface area contributed by atoms with Crippen molar-refractivity contribution >= 4 is 23.7 Å². The molecule has 1 aromatic heterocycles. The average molecular weight is 353 g/mol. The number of benzene rings is 1. The number of ketones is 1. The lowest BCUT2D eigenvalue weighted by molar-refractivity contribution is -0.384. The Morgan fingerprint density at radius 2 is 1.96 bits per heavy atom. The number of carbonyl (C=O) groups is 1. The topological polar surface area (TPSA) is 99.8 Å². The van der Waals surface area contributed by atoms with E-state index in [-0.39, 0.29) is 38.2 Å². The molecule has 3 rings (SSSR count). The molecule has 7 heteroatoms.